The van der Waals surface area contributed by atoms with Crippen molar-refractivity contribution in [1.82, 2.24) is 5.32 Å². The molecule has 0 aliphatic heterocycles. The van der Waals surface area contributed by atoms with Gasteiger partial charge in [0.15, 0.2) is 5.78 Å². The third-order valence-corrected chi connectivity index (χ3v) is 4.46. The second kappa shape index (κ2) is 6.94. The predicted octanol–water partition coefficient (Wildman–Crippen LogP) is 4.63. The highest BCUT2D eigenvalue weighted by atomic mass is 16.6. The normalized spacial score (nSPS) is 15.2. The van der Waals surface area contributed by atoms with Gasteiger partial charge in [-0.15, -0.1) is 0 Å². The molecule has 1 amide bonds. The van der Waals surface area contributed by atoms with Gasteiger partial charge in [-0.1, -0.05) is 54.6 Å². The first kappa shape index (κ1) is 18.2. The van der Waals surface area contributed by atoms with Gasteiger partial charge < -0.3 is 10.1 Å². The lowest BCUT2D eigenvalue weighted by Crippen LogP contribution is -2.39. The van der Waals surface area contributed by atoms with Gasteiger partial charge in [0, 0.05) is 12.0 Å². The number of alkyl carbamates (subject to hydrolysis) is 1. The molecule has 2 aromatic rings. The first-order valence-corrected chi connectivity index (χ1v) is 8.96. The molecule has 4 heteroatoms. The van der Waals surface area contributed by atoms with Crippen molar-refractivity contribution in [3.05, 3.63) is 71.3 Å². The van der Waals surface area contributed by atoms with E-state index in [0.29, 0.717) is 12.0 Å². The first-order chi connectivity index (χ1) is 12.3. The van der Waals surface area contributed by atoms with Crippen LogP contribution in [0.4, 0.5) is 4.79 Å². The summed E-state index contributed by atoms with van der Waals surface area (Å²) in [5, 5.41) is 2.98. The fourth-order valence-corrected chi connectivity index (χ4v) is 2.97. The van der Waals surface area contributed by atoms with Crippen LogP contribution in [0.1, 0.15) is 55.1 Å². The molecule has 1 saturated carbocycles. The average molecular weight is 351 g/mol. The topological polar surface area (TPSA) is 55.4 Å². The fourth-order valence-electron chi connectivity index (χ4n) is 2.97. The highest BCUT2D eigenvalue weighted by Crippen LogP contribution is 2.45. The minimum absolute atomic E-state index is 0.0905. The molecule has 0 heterocycles. The van der Waals surface area contributed by atoms with E-state index in [4.69, 9.17) is 4.74 Å². The molecule has 26 heavy (non-hydrogen) atoms. The molecular weight excluding hydrogens is 326 g/mol. The van der Waals surface area contributed by atoms with Crippen molar-refractivity contribution in [3.63, 3.8) is 0 Å². The molecule has 3 rings (SSSR count). The van der Waals surface area contributed by atoms with Crippen LogP contribution in [-0.2, 0) is 16.7 Å². The number of Topliss-reactive ketones (excluding diaryl/α,β-unsaturated/α-hetero) is 1. The van der Waals surface area contributed by atoms with Gasteiger partial charge in [-0.2, -0.15) is 0 Å². The summed E-state index contributed by atoms with van der Waals surface area (Å²) in [6, 6.07) is 17.3. The Morgan fingerprint density at radius 3 is 2.15 bits per heavy atom. The number of benzene rings is 2. The summed E-state index contributed by atoms with van der Waals surface area (Å²) >= 11 is 0. The summed E-state index contributed by atoms with van der Waals surface area (Å²) in [7, 11) is 0. The standard InChI is InChI=1S/C22H25NO3/c1-21(2,3)26-20(25)23-22(13-14-22)18-11-9-17(10-12-18)19(24)15-16-7-5-4-6-8-16/h4-12H,13-15H2,1-3H3,(H,23,25). The van der Waals surface area contributed by atoms with Crippen molar-refractivity contribution >= 4 is 11.9 Å². The van der Waals surface area contributed by atoms with Gasteiger partial charge in [-0.25, -0.2) is 4.79 Å². The summed E-state index contributed by atoms with van der Waals surface area (Å²) in [4.78, 5) is 24.5. The molecule has 1 aliphatic rings. The highest BCUT2D eigenvalue weighted by molar-refractivity contribution is 5.97. The molecule has 1 N–H and O–H groups in total. The third-order valence-electron chi connectivity index (χ3n) is 4.46. The lowest BCUT2D eigenvalue weighted by molar-refractivity contribution is 0.0495. The Kier molecular flexibility index (Phi) is 4.86. The largest absolute Gasteiger partial charge is 0.444 e. The summed E-state index contributed by atoms with van der Waals surface area (Å²) in [5.74, 6) is 0.0905. The van der Waals surface area contributed by atoms with E-state index in [-0.39, 0.29) is 11.3 Å². The van der Waals surface area contributed by atoms with Crippen LogP contribution in [0.5, 0.6) is 0 Å². The number of amides is 1. The average Bonchev–Trinajstić information content (AvgIpc) is 3.34. The third kappa shape index (κ3) is 4.51. The van der Waals surface area contributed by atoms with E-state index >= 15 is 0 Å². The molecule has 1 aliphatic carbocycles. The zero-order valence-electron chi connectivity index (χ0n) is 15.5. The predicted molar refractivity (Wildman–Crippen MR) is 101 cm³/mol. The summed E-state index contributed by atoms with van der Waals surface area (Å²) in [5.41, 5.74) is 1.83. The van der Waals surface area contributed by atoms with Gasteiger partial charge in [0.2, 0.25) is 0 Å². The number of carbonyl (C=O) groups is 2. The second-order valence-corrected chi connectivity index (χ2v) is 7.87. The number of rotatable bonds is 5. The van der Waals surface area contributed by atoms with Crippen LogP contribution in [0.2, 0.25) is 0 Å². The number of carbonyl (C=O) groups excluding carboxylic acids is 2. The van der Waals surface area contributed by atoms with Crippen molar-refractivity contribution < 1.29 is 14.3 Å². The van der Waals surface area contributed by atoms with Crippen LogP contribution < -0.4 is 5.32 Å². The van der Waals surface area contributed by atoms with E-state index in [1.807, 2.05) is 75.4 Å². The zero-order valence-corrected chi connectivity index (χ0v) is 15.5. The molecule has 2 aromatic carbocycles. The Morgan fingerprint density at radius 1 is 1.00 bits per heavy atom. The molecule has 4 nitrogen and oxygen atoms in total. The van der Waals surface area contributed by atoms with Crippen molar-refractivity contribution in [3.8, 4) is 0 Å². The number of nitrogens with one attached hydrogen (secondary N) is 1. The smallest absolute Gasteiger partial charge is 0.408 e. The van der Waals surface area contributed by atoms with E-state index in [9.17, 15) is 9.59 Å². The monoisotopic (exact) mass is 351 g/mol. The molecule has 0 spiro atoms. The first-order valence-electron chi connectivity index (χ1n) is 8.96. The lowest BCUT2D eigenvalue weighted by Gasteiger charge is -2.23. The Bertz CT molecular complexity index is 784. The maximum atomic E-state index is 12.4. The van der Waals surface area contributed by atoms with Gasteiger partial charge in [-0.05, 0) is 44.7 Å². The Labute approximate surface area is 154 Å². The van der Waals surface area contributed by atoms with Gasteiger partial charge in [0.05, 0.1) is 5.54 Å². The van der Waals surface area contributed by atoms with E-state index in [0.717, 1.165) is 24.0 Å². The molecule has 0 atom stereocenters. The van der Waals surface area contributed by atoms with Crippen molar-refractivity contribution in [2.24, 2.45) is 0 Å². The number of hydrogen-bond acceptors (Lipinski definition) is 3. The van der Waals surface area contributed by atoms with E-state index in [2.05, 4.69) is 5.32 Å². The molecule has 1 fully saturated rings. The van der Waals surface area contributed by atoms with Crippen LogP contribution in [0, 0.1) is 0 Å². The van der Waals surface area contributed by atoms with E-state index in [1.54, 1.807) is 0 Å². The zero-order chi connectivity index (χ0) is 18.8. The van der Waals surface area contributed by atoms with Crippen molar-refractivity contribution in [2.75, 3.05) is 0 Å². The highest BCUT2D eigenvalue weighted by Gasteiger charge is 2.46. The quantitative estimate of drug-likeness (QED) is 0.799. The van der Waals surface area contributed by atoms with Gasteiger partial charge >= 0.3 is 6.09 Å². The van der Waals surface area contributed by atoms with Crippen LogP contribution in [0.3, 0.4) is 0 Å². The van der Waals surface area contributed by atoms with Crippen molar-refractivity contribution in [2.45, 2.75) is 51.2 Å². The van der Waals surface area contributed by atoms with Crippen LogP contribution in [0.15, 0.2) is 54.6 Å². The fraction of sp³-hybridized carbons (Fsp3) is 0.364. The van der Waals surface area contributed by atoms with Gasteiger partial charge in [0.1, 0.15) is 5.60 Å². The minimum atomic E-state index is -0.520. The molecule has 0 aromatic heterocycles. The number of ketones is 1. The number of hydrogen-bond donors (Lipinski definition) is 1. The minimum Gasteiger partial charge on any atom is -0.444 e. The van der Waals surface area contributed by atoms with Gasteiger partial charge in [0.25, 0.3) is 0 Å². The molecule has 136 valence electrons. The Morgan fingerprint density at radius 2 is 1.62 bits per heavy atom. The molecular formula is C22H25NO3. The summed E-state index contributed by atoms with van der Waals surface area (Å²) in [6.07, 6.45) is 1.74. The molecule has 0 unspecified atom stereocenters. The molecule has 0 radical (unpaired) electrons. The van der Waals surface area contributed by atoms with E-state index < -0.39 is 11.7 Å². The SMILES string of the molecule is CC(C)(C)OC(=O)NC1(c2ccc(C(=O)Cc3ccccc3)cc2)CC1. The summed E-state index contributed by atoms with van der Waals surface area (Å²) in [6.45, 7) is 5.54. The Hall–Kier alpha value is -2.62. The lowest BCUT2D eigenvalue weighted by atomic mass is 9.99. The van der Waals surface area contributed by atoms with Crippen LogP contribution in [0.25, 0.3) is 0 Å². The Balaban J connectivity index is 1.65. The van der Waals surface area contributed by atoms with Crippen LogP contribution in [-0.4, -0.2) is 17.5 Å². The number of ether oxygens (including phenoxy) is 1. The second-order valence-electron chi connectivity index (χ2n) is 7.87. The molecule has 0 bridgehead atoms. The van der Waals surface area contributed by atoms with Gasteiger partial charge in [-0.3, -0.25) is 4.79 Å². The summed E-state index contributed by atoms with van der Waals surface area (Å²) < 4.78 is 5.36. The maximum absolute atomic E-state index is 12.4. The maximum Gasteiger partial charge on any atom is 0.408 e. The molecule has 0 saturated heterocycles. The van der Waals surface area contributed by atoms with Crippen molar-refractivity contribution in [1.29, 1.82) is 0 Å². The van der Waals surface area contributed by atoms with E-state index in [1.165, 1.54) is 0 Å². The van der Waals surface area contributed by atoms with Crippen LogP contribution >= 0.6 is 0 Å².